The Morgan fingerprint density at radius 3 is 2.73 bits per heavy atom. The Labute approximate surface area is 265 Å². The van der Waals surface area contributed by atoms with E-state index in [2.05, 4.69) is 11.0 Å². The highest BCUT2D eigenvalue weighted by molar-refractivity contribution is 7.89. The fourth-order valence-corrected chi connectivity index (χ4v) is 8.71. The van der Waals surface area contributed by atoms with Crippen molar-refractivity contribution in [3.63, 3.8) is 0 Å². The van der Waals surface area contributed by atoms with Gasteiger partial charge in [-0.3, -0.25) is 0 Å². The topological polar surface area (TPSA) is 139 Å². The second kappa shape index (κ2) is 13.4. The van der Waals surface area contributed by atoms with Crippen molar-refractivity contribution in [2.24, 2.45) is 17.0 Å². The van der Waals surface area contributed by atoms with Crippen LogP contribution in [-0.4, -0.2) is 68.9 Å². The van der Waals surface area contributed by atoms with Gasteiger partial charge in [-0.1, -0.05) is 36.7 Å². The van der Waals surface area contributed by atoms with Gasteiger partial charge in [0.25, 0.3) is 0 Å². The zero-order chi connectivity index (χ0) is 31.6. The van der Waals surface area contributed by atoms with E-state index in [1.807, 2.05) is 12.1 Å². The van der Waals surface area contributed by atoms with Gasteiger partial charge in [-0.05, 0) is 98.2 Å². The molecule has 1 saturated carbocycles. The van der Waals surface area contributed by atoms with Crippen LogP contribution in [0.3, 0.4) is 0 Å². The van der Waals surface area contributed by atoms with Crippen LogP contribution in [0.25, 0.3) is 0 Å². The molecule has 4 N–H and O–H groups in total. The monoisotopic (exact) mass is 646 g/mol. The largest absolute Gasteiger partial charge is 0.490 e. The summed E-state index contributed by atoms with van der Waals surface area (Å²) in [6.07, 6.45) is 7.57. The molecule has 0 amide bonds. The number of ether oxygens (including phenoxy) is 2. The number of benzene rings is 2. The van der Waals surface area contributed by atoms with Gasteiger partial charge in [0.1, 0.15) is 11.0 Å². The molecule has 11 heteroatoms. The van der Waals surface area contributed by atoms with Gasteiger partial charge in [0.15, 0.2) is 0 Å². The molecule has 2 aliphatic carbocycles. The van der Waals surface area contributed by atoms with Crippen LogP contribution in [0.1, 0.15) is 66.9 Å². The van der Waals surface area contributed by atoms with Gasteiger partial charge in [-0.25, -0.2) is 18.4 Å². The Morgan fingerprint density at radius 2 is 2.07 bits per heavy atom. The van der Waals surface area contributed by atoms with Gasteiger partial charge in [0.2, 0.25) is 10.0 Å². The van der Waals surface area contributed by atoms with Crippen molar-refractivity contribution >= 4 is 33.3 Å². The van der Waals surface area contributed by atoms with E-state index in [0.717, 1.165) is 37.8 Å². The molecule has 1 fully saturated rings. The number of carboxylic acid groups (broad SMARTS) is 1. The van der Waals surface area contributed by atoms with Crippen LogP contribution in [0.15, 0.2) is 48.6 Å². The second-order valence-electron chi connectivity index (χ2n) is 12.6. The zero-order valence-corrected chi connectivity index (χ0v) is 26.9. The summed E-state index contributed by atoms with van der Waals surface area (Å²) in [5, 5.41) is 26.2. The molecule has 3 aliphatic rings. The molecule has 3 unspecified atom stereocenters. The van der Waals surface area contributed by atoms with Crippen LogP contribution in [0.5, 0.6) is 5.75 Å². The SMILES string of the molecule is CCC(C(C/C=C/C(O)[C@@H]1CC[C@H]1CN1C[C@@]2(CCCc3cc(Cl)ccc32)COc2ccc(C(=O)O)cc21)OC)S(N)(=O)=O. The Bertz CT molecular complexity index is 1500. The second-order valence-corrected chi connectivity index (χ2v) is 14.8. The lowest BCUT2D eigenvalue weighted by molar-refractivity contribution is 0.0451. The van der Waals surface area contributed by atoms with E-state index in [0.29, 0.717) is 43.3 Å². The van der Waals surface area contributed by atoms with Crippen molar-refractivity contribution in [3.05, 3.63) is 70.3 Å². The average Bonchev–Trinajstić information content (AvgIpc) is 3.11. The molecule has 44 heavy (non-hydrogen) atoms. The molecule has 9 nitrogen and oxygen atoms in total. The number of primary sulfonamides is 1. The summed E-state index contributed by atoms with van der Waals surface area (Å²) in [4.78, 5) is 14.2. The van der Waals surface area contributed by atoms with E-state index >= 15 is 0 Å². The summed E-state index contributed by atoms with van der Waals surface area (Å²) >= 11 is 6.36. The Morgan fingerprint density at radius 1 is 1.27 bits per heavy atom. The summed E-state index contributed by atoms with van der Waals surface area (Å²) in [7, 11) is -2.29. The number of aliphatic hydroxyl groups is 1. The molecule has 240 valence electrons. The lowest BCUT2D eigenvalue weighted by atomic mass is 9.68. The highest BCUT2D eigenvalue weighted by atomic mass is 35.5. The summed E-state index contributed by atoms with van der Waals surface area (Å²) in [6, 6.07) is 11.1. The number of carboxylic acids is 1. The zero-order valence-electron chi connectivity index (χ0n) is 25.3. The number of aromatic carboxylic acids is 1. The maximum absolute atomic E-state index is 12.0. The molecule has 2 aromatic carbocycles. The maximum atomic E-state index is 12.0. The molecular weight excluding hydrogens is 604 g/mol. The van der Waals surface area contributed by atoms with Crippen LogP contribution in [-0.2, 0) is 26.6 Å². The van der Waals surface area contributed by atoms with Crippen LogP contribution in [0.4, 0.5) is 5.69 Å². The van der Waals surface area contributed by atoms with Crippen molar-refractivity contribution < 1.29 is 32.9 Å². The lowest BCUT2D eigenvalue weighted by Gasteiger charge is -2.45. The number of hydrogen-bond acceptors (Lipinski definition) is 7. The molecule has 0 bridgehead atoms. The van der Waals surface area contributed by atoms with E-state index in [4.69, 9.17) is 26.2 Å². The van der Waals surface area contributed by atoms with Gasteiger partial charge in [-0.2, -0.15) is 0 Å². The van der Waals surface area contributed by atoms with Crippen LogP contribution in [0, 0.1) is 11.8 Å². The standard InChI is InChI=1S/C33H43ClN2O7S/c1-3-31(44(35,40)41)30(42-2)8-4-7-28(37)25-12-9-23(25)18-36-19-33(15-5-6-21-16-24(34)11-13-26(21)33)20-43-29-14-10-22(32(38)39)17-27(29)36/h4,7,10-11,13-14,16-17,23,25,28,30-31,37H,3,5-6,8-9,12,15,18-20H2,1-2H3,(H,38,39)(H2,35,40,41)/b7-4+/t23-,25+,28?,30?,31?,33-/m0/s1. The summed E-state index contributed by atoms with van der Waals surface area (Å²) in [5.41, 5.74) is 3.14. The summed E-state index contributed by atoms with van der Waals surface area (Å²) in [5.74, 6) is -0.148. The number of sulfonamides is 1. The number of nitrogens with two attached hydrogens (primary N) is 1. The molecule has 6 atom stereocenters. The first-order chi connectivity index (χ1) is 21.0. The molecule has 2 aromatic rings. The number of rotatable bonds is 11. The minimum absolute atomic E-state index is 0.0103. The highest BCUT2D eigenvalue weighted by Gasteiger charge is 2.44. The van der Waals surface area contributed by atoms with Gasteiger partial charge in [0.05, 0.1) is 30.1 Å². The van der Waals surface area contributed by atoms with E-state index in [-0.39, 0.29) is 22.8 Å². The number of aliphatic hydroxyl groups excluding tert-OH is 1. The minimum Gasteiger partial charge on any atom is -0.490 e. The third kappa shape index (κ3) is 6.79. The fraction of sp³-hybridized carbons (Fsp3) is 0.545. The predicted octanol–water partition coefficient (Wildman–Crippen LogP) is 4.93. The van der Waals surface area contributed by atoms with Crippen molar-refractivity contribution in [1.29, 1.82) is 0 Å². The van der Waals surface area contributed by atoms with Gasteiger partial charge >= 0.3 is 5.97 Å². The predicted molar refractivity (Wildman–Crippen MR) is 171 cm³/mol. The van der Waals surface area contributed by atoms with E-state index in [1.165, 1.54) is 18.2 Å². The minimum atomic E-state index is -3.76. The van der Waals surface area contributed by atoms with Gasteiger partial charge in [-0.15, -0.1) is 0 Å². The number of aryl methyl sites for hydroxylation is 1. The van der Waals surface area contributed by atoms with Crippen LogP contribution >= 0.6 is 11.6 Å². The normalized spacial score (nSPS) is 25.3. The number of hydrogen-bond donors (Lipinski definition) is 3. The Balaban J connectivity index is 1.37. The smallest absolute Gasteiger partial charge is 0.335 e. The number of halogens is 1. The average molecular weight is 647 g/mol. The number of nitrogens with zero attached hydrogens (tertiary/aromatic N) is 1. The van der Waals surface area contributed by atoms with Crippen molar-refractivity contribution in [3.8, 4) is 5.75 Å². The molecule has 1 aliphatic heterocycles. The highest BCUT2D eigenvalue weighted by Crippen LogP contribution is 2.46. The number of carbonyl (C=O) groups is 1. The molecule has 1 heterocycles. The quantitative estimate of drug-likeness (QED) is 0.292. The van der Waals surface area contributed by atoms with Crippen molar-refractivity contribution in [2.45, 2.75) is 74.7 Å². The van der Waals surface area contributed by atoms with Gasteiger partial charge < -0.3 is 24.6 Å². The summed E-state index contributed by atoms with van der Waals surface area (Å²) < 4.78 is 35.9. The lowest BCUT2D eigenvalue weighted by Crippen LogP contribution is -2.49. The molecular formula is C33H43ClN2O7S. The van der Waals surface area contributed by atoms with Gasteiger partial charge in [0, 0.05) is 30.6 Å². The first-order valence-electron chi connectivity index (χ1n) is 15.4. The fourth-order valence-electron chi connectivity index (χ4n) is 7.40. The molecule has 0 radical (unpaired) electrons. The Kier molecular flexibility index (Phi) is 9.96. The van der Waals surface area contributed by atoms with Crippen LogP contribution in [0.2, 0.25) is 5.02 Å². The first-order valence-corrected chi connectivity index (χ1v) is 17.4. The molecule has 5 rings (SSSR count). The third-order valence-electron chi connectivity index (χ3n) is 9.90. The van der Waals surface area contributed by atoms with E-state index in [1.54, 1.807) is 37.3 Å². The molecule has 0 aromatic heterocycles. The number of anilines is 1. The van der Waals surface area contributed by atoms with Crippen LogP contribution < -0.4 is 14.8 Å². The van der Waals surface area contributed by atoms with E-state index < -0.39 is 33.5 Å². The van der Waals surface area contributed by atoms with E-state index in [9.17, 15) is 23.4 Å². The van der Waals surface area contributed by atoms with Crippen molar-refractivity contribution in [2.75, 3.05) is 31.7 Å². The number of methoxy groups -OCH3 is 1. The number of fused-ring (bicyclic) bond motifs is 3. The van der Waals surface area contributed by atoms with Crippen molar-refractivity contribution in [1.82, 2.24) is 0 Å². The summed E-state index contributed by atoms with van der Waals surface area (Å²) in [6.45, 7) is 3.54. The maximum Gasteiger partial charge on any atom is 0.335 e. The first kappa shape index (κ1) is 32.8. The molecule has 0 saturated heterocycles. The Hall–Kier alpha value is -2.63. The third-order valence-corrected chi connectivity index (χ3v) is 11.6. The molecule has 1 spiro atoms.